The van der Waals surface area contributed by atoms with Gasteiger partial charge in [-0.05, 0) is 48.6 Å². The molecule has 0 spiro atoms. The Kier molecular flexibility index (Phi) is 5.01. The van der Waals surface area contributed by atoms with Crippen LogP contribution in [-0.2, 0) is 0 Å². The Hall–Kier alpha value is -0.380. The van der Waals surface area contributed by atoms with Crippen LogP contribution < -0.4 is 10.5 Å². The number of nitrogens with two attached hydrogens (primary N) is 1. The Balaban J connectivity index is 1.87. The maximum Gasteiger partial charge on any atom is 0.120 e. The van der Waals surface area contributed by atoms with Gasteiger partial charge in [0.1, 0.15) is 5.75 Å². The van der Waals surface area contributed by atoms with E-state index >= 15 is 0 Å². The molecular weight excluding hydrogens is 254 g/mol. The van der Waals surface area contributed by atoms with E-state index < -0.39 is 0 Å². The molecule has 0 aromatic heterocycles. The zero-order valence-electron chi connectivity index (χ0n) is 9.77. The van der Waals surface area contributed by atoms with Gasteiger partial charge in [0.05, 0.1) is 6.61 Å². The summed E-state index contributed by atoms with van der Waals surface area (Å²) < 4.78 is 5.78. The number of hydrogen-bond donors (Lipinski definition) is 1. The highest BCUT2D eigenvalue weighted by molar-refractivity contribution is 7.99. The van der Waals surface area contributed by atoms with Crippen molar-refractivity contribution in [1.29, 1.82) is 0 Å². The van der Waals surface area contributed by atoms with Gasteiger partial charge in [-0.1, -0.05) is 17.7 Å². The van der Waals surface area contributed by atoms with Gasteiger partial charge in [-0.25, -0.2) is 0 Å². The predicted octanol–water partition coefficient (Wildman–Crippen LogP) is 3.05. The Morgan fingerprint density at radius 1 is 1.53 bits per heavy atom. The van der Waals surface area contributed by atoms with Gasteiger partial charge in [-0.15, -0.1) is 0 Å². The first-order valence-electron chi connectivity index (χ1n) is 5.96. The minimum atomic E-state index is 0.462. The highest BCUT2D eigenvalue weighted by Crippen LogP contribution is 2.30. The smallest absolute Gasteiger partial charge is 0.120 e. The van der Waals surface area contributed by atoms with E-state index in [9.17, 15) is 0 Å². The van der Waals surface area contributed by atoms with Crippen molar-refractivity contribution in [2.75, 3.05) is 24.7 Å². The number of halogens is 1. The van der Waals surface area contributed by atoms with Gasteiger partial charge in [0.25, 0.3) is 0 Å². The first kappa shape index (κ1) is 13.1. The molecule has 1 saturated heterocycles. The zero-order valence-corrected chi connectivity index (χ0v) is 11.3. The fourth-order valence-corrected chi connectivity index (χ4v) is 3.64. The molecule has 2 atom stereocenters. The number of benzene rings is 1. The molecule has 0 amide bonds. The van der Waals surface area contributed by atoms with Crippen LogP contribution in [-0.4, -0.2) is 24.7 Å². The molecule has 2 N–H and O–H groups in total. The summed E-state index contributed by atoms with van der Waals surface area (Å²) in [6.07, 6.45) is 1.27. The molecule has 2 nitrogen and oxygen atoms in total. The second-order valence-corrected chi connectivity index (χ2v) is 5.97. The fraction of sp³-hybridized carbons (Fsp3) is 0.538. The molecule has 1 aromatic rings. The van der Waals surface area contributed by atoms with Gasteiger partial charge >= 0.3 is 0 Å². The average Bonchev–Trinajstić information content (AvgIpc) is 2.84. The molecule has 1 aromatic carbocycles. The summed E-state index contributed by atoms with van der Waals surface area (Å²) in [4.78, 5) is 0. The molecule has 0 bridgehead atoms. The van der Waals surface area contributed by atoms with E-state index in [1.54, 1.807) is 0 Å². The quantitative estimate of drug-likeness (QED) is 0.894. The Morgan fingerprint density at radius 3 is 3.06 bits per heavy atom. The Bertz CT molecular complexity index is 355. The summed E-state index contributed by atoms with van der Waals surface area (Å²) in [5.74, 6) is 4.49. The fourth-order valence-electron chi connectivity index (χ4n) is 2.08. The largest absolute Gasteiger partial charge is 0.493 e. The van der Waals surface area contributed by atoms with E-state index in [1.165, 1.54) is 17.9 Å². The number of rotatable bonds is 5. The molecule has 1 aliphatic rings. The molecule has 94 valence electrons. The van der Waals surface area contributed by atoms with Crippen molar-refractivity contribution in [2.45, 2.75) is 6.42 Å². The first-order valence-corrected chi connectivity index (χ1v) is 7.49. The van der Waals surface area contributed by atoms with Crippen LogP contribution in [0.15, 0.2) is 24.3 Å². The topological polar surface area (TPSA) is 35.2 Å². The van der Waals surface area contributed by atoms with Crippen molar-refractivity contribution in [3.05, 3.63) is 29.3 Å². The normalized spacial score (nSPS) is 21.4. The van der Waals surface area contributed by atoms with Gasteiger partial charge in [0, 0.05) is 10.9 Å². The number of thioether (sulfide) groups is 1. The van der Waals surface area contributed by atoms with Crippen LogP contribution in [0.25, 0.3) is 0 Å². The average molecular weight is 272 g/mol. The summed E-state index contributed by atoms with van der Waals surface area (Å²) >= 11 is 7.93. The van der Waals surface area contributed by atoms with Gasteiger partial charge < -0.3 is 10.5 Å². The van der Waals surface area contributed by atoms with Gasteiger partial charge in [0.2, 0.25) is 0 Å². The lowest BCUT2D eigenvalue weighted by Gasteiger charge is -2.21. The summed E-state index contributed by atoms with van der Waals surface area (Å²) in [5, 5.41) is 0.711. The predicted molar refractivity (Wildman–Crippen MR) is 74.9 cm³/mol. The lowest BCUT2D eigenvalue weighted by atomic mass is 9.93. The third-order valence-electron chi connectivity index (χ3n) is 3.19. The molecule has 0 aliphatic carbocycles. The number of ether oxygens (including phenoxy) is 1. The van der Waals surface area contributed by atoms with Crippen molar-refractivity contribution in [2.24, 2.45) is 17.6 Å². The second-order valence-electron chi connectivity index (χ2n) is 4.39. The van der Waals surface area contributed by atoms with Crippen molar-refractivity contribution in [1.82, 2.24) is 0 Å². The second kappa shape index (κ2) is 6.53. The van der Waals surface area contributed by atoms with Crippen LogP contribution in [0, 0.1) is 11.8 Å². The van der Waals surface area contributed by atoms with Gasteiger partial charge in [-0.2, -0.15) is 11.8 Å². The van der Waals surface area contributed by atoms with Crippen LogP contribution in [0.5, 0.6) is 5.75 Å². The van der Waals surface area contributed by atoms with Crippen LogP contribution >= 0.6 is 23.4 Å². The third kappa shape index (κ3) is 3.80. The van der Waals surface area contributed by atoms with E-state index in [2.05, 4.69) is 0 Å². The molecule has 2 unspecified atom stereocenters. The van der Waals surface area contributed by atoms with Crippen LogP contribution in [0.2, 0.25) is 5.02 Å². The molecule has 0 saturated carbocycles. The first-order chi connectivity index (χ1) is 8.29. The third-order valence-corrected chi connectivity index (χ3v) is 4.62. The summed E-state index contributed by atoms with van der Waals surface area (Å²) in [7, 11) is 0. The molecule has 1 aliphatic heterocycles. The Morgan fingerprint density at radius 2 is 2.41 bits per heavy atom. The molecule has 0 radical (unpaired) electrons. The standard InChI is InChI=1S/C13H18ClNOS/c14-12-2-1-3-13(6-12)16-8-11(7-15)10-4-5-17-9-10/h1-3,6,10-11H,4-5,7-9,15H2. The highest BCUT2D eigenvalue weighted by atomic mass is 35.5. The molecular formula is C13H18ClNOS. The van der Waals surface area contributed by atoms with Crippen molar-refractivity contribution >= 4 is 23.4 Å². The van der Waals surface area contributed by atoms with Crippen LogP contribution in [0.1, 0.15) is 6.42 Å². The molecule has 4 heteroatoms. The lowest BCUT2D eigenvalue weighted by Crippen LogP contribution is -2.29. The maximum absolute atomic E-state index is 5.91. The van der Waals surface area contributed by atoms with E-state index in [4.69, 9.17) is 22.1 Å². The van der Waals surface area contributed by atoms with Gasteiger partial charge in [0.15, 0.2) is 0 Å². The van der Waals surface area contributed by atoms with Gasteiger partial charge in [-0.3, -0.25) is 0 Å². The van der Waals surface area contributed by atoms with E-state index in [-0.39, 0.29) is 0 Å². The zero-order chi connectivity index (χ0) is 12.1. The monoisotopic (exact) mass is 271 g/mol. The maximum atomic E-state index is 5.91. The number of hydrogen-bond acceptors (Lipinski definition) is 3. The van der Waals surface area contributed by atoms with E-state index in [0.29, 0.717) is 30.0 Å². The van der Waals surface area contributed by atoms with Crippen molar-refractivity contribution < 1.29 is 4.74 Å². The van der Waals surface area contributed by atoms with Crippen LogP contribution in [0.3, 0.4) is 0 Å². The Labute approximate surface area is 112 Å². The molecule has 1 fully saturated rings. The summed E-state index contributed by atoms with van der Waals surface area (Å²) in [5.41, 5.74) is 5.83. The van der Waals surface area contributed by atoms with Crippen molar-refractivity contribution in [3.8, 4) is 5.75 Å². The van der Waals surface area contributed by atoms with E-state index in [0.717, 1.165) is 5.75 Å². The SMILES string of the molecule is NCC(COc1cccc(Cl)c1)C1CCSC1. The minimum absolute atomic E-state index is 0.462. The van der Waals surface area contributed by atoms with Crippen molar-refractivity contribution in [3.63, 3.8) is 0 Å². The molecule has 1 heterocycles. The highest BCUT2D eigenvalue weighted by Gasteiger charge is 2.24. The minimum Gasteiger partial charge on any atom is -0.493 e. The summed E-state index contributed by atoms with van der Waals surface area (Å²) in [6.45, 7) is 1.40. The van der Waals surface area contributed by atoms with Crippen LogP contribution in [0.4, 0.5) is 0 Å². The summed E-state index contributed by atoms with van der Waals surface area (Å²) in [6, 6.07) is 7.53. The molecule has 17 heavy (non-hydrogen) atoms. The van der Waals surface area contributed by atoms with E-state index in [1.807, 2.05) is 36.0 Å². The lowest BCUT2D eigenvalue weighted by molar-refractivity contribution is 0.209. The molecule has 2 rings (SSSR count).